The molecular weight excluding hydrogens is 478 g/mol. The Labute approximate surface area is 211 Å². The molecule has 36 heavy (non-hydrogen) atoms. The van der Waals surface area contributed by atoms with Crippen LogP contribution >= 0.6 is 0 Å². The number of carbonyl (C=O) groups excluding carboxylic acids is 2. The SMILES string of the molecule is CC[C@H](C(=O)NC)N(Cc1cccc(OC)c1)C(=O)CCCN1c2cccc3cccc(c23)S1(=O)=O. The Morgan fingerprint density at radius 2 is 1.81 bits per heavy atom. The number of hydrogen-bond donors (Lipinski definition) is 1. The number of benzene rings is 3. The van der Waals surface area contributed by atoms with E-state index in [0.717, 1.165) is 16.3 Å². The second kappa shape index (κ2) is 10.6. The molecule has 3 aromatic rings. The summed E-state index contributed by atoms with van der Waals surface area (Å²) in [6.45, 7) is 2.28. The van der Waals surface area contributed by atoms with Gasteiger partial charge in [-0.1, -0.05) is 43.3 Å². The third-order valence-electron chi connectivity index (χ3n) is 6.55. The highest BCUT2D eigenvalue weighted by Crippen LogP contribution is 2.42. The molecule has 1 aliphatic heterocycles. The lowest BCUT2D eigenvalue weighted by Gasteiger charge is -2.30. The molecule has 1 atom stereocenters. The summed E-state index contributed by atoms with van der Waals surface area (Å²) in [6.07, 6.45) is 0.879. The number of carbonyl (C=O) groups is 2. The summed E-state index contributed by atoms with van der Waals surface area (Å²) in [5.74, 6) is 0.222. The normalized spacial score (nSPS) is 14.5. The van der Waals surface area contributed by atoms with Gasteiger partial charge in [0, 0.05) is 31.9 Å². The predicted molar refractivity (Wildman–Crippen MR) is 139 cm³/mol. The molecule has 190 valence electrons. The van der Waals surface area contributed by atoms with Crippen LogP contribution in [-0.2, 0) is 26.2 Å². The summed E-state index contributed by atoms with van der Waals surface area (Å²) < 4.78 is 33.1. The van der Waals surface area contributed by atoms with Crippen molar-refractivity contribution in [1.82, 2.24) is 10.2 Å². The van der Waals surface area contributed by atoms with Crippen molar-refractivity contribution in [3.05, 3.63) is 66.2 Å². The summed E-state index contributed by atoms with van der Waals surface area (Å²) in [4.78, 5) is 27.9. The van der Waals surface area contributed by atoms with Gasteiger partial charge in [0.1, 0.15) is 11.8 Å². The number of rotatable bonds is 10. The third-order valence-corrected chi connectivity index (χ3v) is 8.41. The van der Waals surface area contributed by atoms with Crippen molar-refractivity contribution in [1.29, 1.82) is 0 Å². The number of nitrogens with zero attached hydrogens (tertiary/aromatic N) is 2. The molecule has 0 bridgehead atoms. The number of anilines is 1. The standard InChI is InChI=1S/C27H31N3O5S/c1-4-22(27(32)28-2)29(18-19-9-5-12-21(17-19)35-3)25(31)15-8-16-30-23-13-6-10-20-11-7-14-24(26(20)23)36(30,33)34/h5-7,9-14,17,22H,4,8,15-16,18H2,1-3H3,(H,28,32)/t22-/m1/s1. The van der Waals surface area contributed by atoms with Crippen LogP contribution in [0.3, 0.4) is 0 Å². The topological polar surface area (TPSA) is 96.0 Å². The van der Waals surface area contributed by atoms with Crippen molar-refractivity contribution in [2.45, 2.75) is 43.7 Å². The second-order valence-electron chi connectivity index (χ2n) is 8.72. The van der Waals surface area contributed by atoms with Gasteiger partial charge in [0.15, 0.2) is 0 Å². The van der Waals surface area contributed by atoms with Crippen molar-refractivity contribution in [3.63, 3.8) is 0 Å². The van der Waals surface area contributed by atoms with Gasteiger partial charge in [-0.2, -0.15) is 0 Å². The lowest BCUT2D eigenvalue weighted by molar-refractivity contribution is -0.141. The lowest BCUT2D eigenvalue weighted by Crippen LogP contribution is -2.48. The molecule has 1 N–H and O–H groups in total. The molecular formula is C27H31N3O5S. The van der Waals surface area contributed by atoms with E-state index in [1.807, 2.05) is 49.4 Å². The highest BCUT2D eigenvalue weighted by atomic mass is 32.2. The van der Waals surface area contributed by atoms with E-state index in [1.54, 1.807) is 37.3 Å². The van der Waals surface area contributed by atoms with Crippen molar-refractivity contribution in [2.75, 3.05) is 25.0 Å². The Kier molecular flexibility index (Phi) is 7.49. The molecule has 1 aliphatic rings. The van der Waals surface area contributed by atoms with Gasteiger partial charge in [0.25, 0.3) is 10.0 Å². The number of likely N-dealkylation sites (N-methyl/N-ethyl adjacent to an activating group) is 1. The van der Waals surface area contributed by atoms with E-state index >= 15 is 0 Å². The Bertz CT molecular complexity index is 1380. The third kappa shape index (κ3) is 4.75. The molecule has 1 heterocycles. The van der Waals surface area contributed by atoms with Crippen molar-refractivity contribution in [3.8, 4) is 5.75 Å². The van der Waals surface area contributed by atoms with Gasteiger partial charge in [0.2, 0.25) is 11.8 Å². The zero-order chi connectivity index (χ0) is 25.9. The molecule has 8 nitrogen and oxygen atoms in total. The van der Waals surface area contributed by atoms with Crippen LogP contribution in [0.25, 0.3) is 10.8 Å². The highest BCUT2D eigenvalue weighted by molar-refractivity contribution is 7.93. The van der Waals surface area contributed by atoms with Gasteiger partial charge in [0.05, 0.1) is 17.7 Å². The molecule has 0 aliphatic carbocycles. The van der Waals surface area contributed by atoms with Crippen LogP contribution in [0.5, 0.6) is 5.75 Å². The smallest absolute Gasteiger partial charge is 0.265 e. The van der Waals surface area contributed by atoms with E-state index in [0.29, 0.717) is 29.2 Å². The fraction of sp³-hybridized carbons (Fsp3) is 0.333. The minimum Gasteiger partial charge on any atom is -0.497 e. The van der Waals surface area contributed by atoms with Crippen molar-refractivity contribution >= 4 is 38.3 Å². The summed E-state index contributed by atoms with van der Waals surface area (Å²) in [7, 11) is -0.554. The first kappa shape index (κ1) is 25.5. The maximum Gasteiger partial charge on any atom is 0.265 e. The van der Waals surface area contributed by atoms with E-state index in [2.05, 4.69) is 5.32 Å². The monoisotopic (exact) mass is 509 g/mol. The van der Waals surface area contributed by atoms with Crippen molar-refractivity contribution in [2.24, 2.45) is 0 Å². The quantitative estimate of drug-likeness (QED) is 0.450. The number of nitrogens with one attached hydrogen (secondary N) is 1. The Balaban J connectivity index is 1.52. The zero-order valence-electron chi connectivity index (χ0n) is 20.7. The summed E-state index contributed by atoms with van der Waals surface area (Å²) in [6, 6.07) is 17.5. The van der Waals surface area contributed by atoms with Crippen LogP contribution < -0.4 is 14.4 Å². The number of sulfonamides is 1. The van der Waals surface area contributed by atoms with Crippen LogP contribution in [0.2, 0.25) is 0 Å². The number of methoxy groups -OCH3 is 1. The molecule has 3 aromatic carbocycles. The summed E-state index contributed by atoms with van der Waals surface area (Å²) in [5.41, 5.74) is 1.48. The number of ether oxygens (including phenoxy) is 1. The lowest BCUT2D eigenvalue weighted by atomic mass is 10.1. The Morgan fingerprint density at radius 3 is 2.50 bits per heavy atom. The largest absolute Gasteiger partial charge is 0.497 e. The maximum absolute atomic E-state index is 13.4. The molecule has 2 amide bonds. The molecule has 0 spiro atoms. The van der Waals surface area contributed by atoms with Crippen LogP contribution in [0.1, 0.15) is 31.7 Å². The average Bonchev–Trinajstić information content (AvgIpc) is 3.11. The van der Waals surface area contributed by atoms with Crippen LogP contribution in [0.4, 0.5) is 5.69 Å². The van der Waals surface area contributed by atoms with Gasteiger partial charge in [-0.25, -0.2) is 8.42 Å². The predicted octanol–water partition coefficient (Wildman–Crippen LogP) is 3.69. The van der Waals surface area contributed by atoms with Crippen LogP contribution in [0.15, 0.2) is 65.6 Å². The molecule has 0 aromatic heterocycles. The molecule has 0 fully saturated rings. The van der Waals surface area contributed by atoms with Crippen LogP contribution in [-0.4, -0.2) is 51.9 Å². The van der Waals surface area contributed by atoms with E-state index in [4.69, 9.17) is 4.74 Å². The highest BCUT2D eigenvalue weighted by Gasteiger charge is 2.35. The van der Waals surface area contributed by atoms with Gasteiger partial charge in [-0.15, -0.1) is 0 Å². The fourth-order valence-corrected chi connectivity index (χ4v) is 6.52. The molecule has 0 saturated carbocycles. The van der Waals surface area contributed by atoms with Gasteiger partial charge < -0.3 is 15.0 Å². The molecule has 0 radical (unpaired) electrons. The second-order valence-corrected chi connectivity index (χ2v) is 10.6. The van der Waals surface area contributed by atoms with E-state index < -0.39 is 16.1 Å². The van der Waals surface area contributed by atoms with Gasteiger partial charge >= 0.3 is 0 Å². The van der Waals surface area contributed by atoms with Crippen LogP contribution in [0, 0.1) is 0 Å². The van der Waals surface area contributed by atoms with Gasteiger partial charge in [-0.05, 0) is 48.1 Å². The maximum atomic E-state index is 13.4. The Morgan fingerprint density at radius 1 is 1.08 bits per heavy atom. The van der Waals surface area contributed by atoms with E-state index in [9.17, 15) is 18.0 Å². The first-order chi connectivity index (χ1) is 17.3. The zero-order valence-corrected chi connectivity index (χ0v) is 21.5. The summed E-state index contributed by atoms with van der Waals surface area (Å²) >= 11 is 0. The van der Waals surface area contributed by atoms with Gasteiger partial charge in [-0.3, -0.25) is 13.9 Å². The van der Waals surface area contributed by atoms with Crippen molar-refractivity contribution < 1.29 is 22.7 Å². The number of amides is 2. The molecule has 9 heteroatoms. The average molecular weight is 510 g/mol. The molecule has 4 rings (SSSR count). The number of hydrogen-bond acceptors (Lipinski definition) is 5. The minimum atomic E-state index is -3.68. The molecule has 0 unspecified atom stereocenters. The first-order valence-corrected chi connectivity index (χ1v) is 13.4. The first-order valence-electron chi connectivity index (χ1n) is 12.0. The van der Waals surface area contributed by atoms with E-state index in [-0.39, 0.29) is 31.3 Å². The molecule has 0 saturated heterocycles. The summed E-state index contributed by atoms with van der Waals surface area (Å²) in [5, 5.41) is 4.24. The minimum absolute atomic E-state index is 0.107. The fourth-order valence-electron chi connectivity index (χ4n) is 4.77. The van der Waals surface area contributed by atoms with E-state index in [1.165, 1.54) is 4.31 Å². The Hall–Kier alpha value is -3.59.